The SMILES string of the molecule is CC[C@@H](CNC(=O)[C@H](C)Oc1ccc(C(C)=O)cc1OC)c1ccccc1. The maximum atomic E-state index is 12.4. The van der Waals surface area contributed by atoms with Gasteiger partial charge in [-0.25, -0.2) is 0 Å². The molecule has 0 saturated heterocycles. The van der Waals surface area contributed by atoms with Crippen LogP contribution in [-0.2, 0) is 4.79 Å². The Morgan fingerprint density at radius 1 is 1.07 bits per heavy atom. The number of ketones is 1. The second-order valence-electron chi connectivity index (χ2n) is 6.44. The molecular weight excluding hydrogens is 342 g/mol. The minimum atomic E-state index is -0.685. The molecule has 2 atom stereocenters. The number of hydrogen-bond donors (Lipinski definition) is 1. The van der Waals surface area contributed by atoms with E-state index in [0.29, 0.717) is 23.6 Å². The van der Waals surface area contributed by atoms with E-state index >= 15 is 0 Å². The van der Waals surface area contributed by atoms with Crippen molar-refractivity contribution in [3.63, 3.8) is 0 Å². The molecule has 0 bridgehead atoms. The van der Waals surface area contributed by atoms with Crippen LogP contribution in [0.15, 0.2) is 48.5 Å². The average molecular weight is 369 g/mol. The van der Waals surface area contributed by atoms with Crippen molar-refractivity contribution in [2.45, 2.75) is 39.2 Å². The highest BCUT2D eigenvalue weighted by Crippen LogP contribution is 2.29. The van der Waals surface area contributed by atoms with Crippen LogP contribution in [0.4, 0.5) is 0 Å². The molecule has 1 N–H and O–H groups in total. The number of nitrogens with one attached hydrogen (secondary N) is 1. The summed E-state index contributed by atoms with van der Waals surface area (Å²) < 4.78 is 11.0. The first-order chi connectivity index (χ1) is 13.0. The first kappa shape index (κ1) is 20.5. The number of amides is 1. The smallest absolute Gasteiger partial charge is 0.260 e. The molecule has 0 heterocycles. The van der Waals surface area contributed by atoms with Crippen molar-refractivity contribution in [3.05, 3.63) is 59.7 Å². The highest BCUT2D eigenvalue weighted by Gasteiger charge is 2.19. The molecule has 2 rings (SSSR count). The van der Waals surface area contributed by atoms with Crippen molar-refractivity contribution in [2.24, 2.45) is 0 Å². The molecule has 0 radical (unpaired) electrons. The summed E-state index contributed by atoms with van der Waals surface area (Å²) >= 11 is 0. The lowest BCUT2D eigenvalue weighted by Crippen LogP contribution is -2.38. The van der Waals surface area contributed by atoms with Crippen molar-refractivity contribution in [1.29, 1.82) is 0 Å². The first-order valence-electron chi connectivity index (χ1n) is 9.14. The number of ether oxygens (including phenoxy) is 2. The summed E-state index contributed by atoms with van der Waals surface area (Å²) in [5.74, 6) is 0.865. The summed E-state index contributed by atoms with van der Waals surface area (Å²) in [6.45, 7) is 5.83. The predicted molar refractivity (Wildman–Crippen MR) is 106 cm³/mol. The highest BCUT2D eigenvalue weighted by atomic mass is 16.5. The molecule has 0 aliphatic rings. The zero-order valence-corrected chi connectivity index (χ0v) is 16.3. The van der Waals surface area contributed by atoms with Crippen molar-refractivity contribution in [2.75, 3.05) is 13.7 Å². The quantitative estimate of drug-likeness (QED) is 0.679. The molecule has 5 heteroatoms. The number of rotatable bonds is 9. The third-order valence-electron chi connectivity index (χ3n) is 4.53. The van der Waals surface area contributed by atoms with E-state index in [9.17, 15) is 9.59 Å². The maximum Gasteiger partial charge on any atom is 0.260 e. The average Bonchev–Trinajstić information content (AvgIpc) is 2.69. The van der Waals surface area contributed by atoms with E-state index in [1.54, 1.807) is 25.1 Å². The molecule has 0 spiro atoms. The van der Waals surface area contributed by atoms with Crippen LogP contribution in [0.25, 0.3) is 0 Å². The Labute approximate surface area is 160 Å². The molecule has 2 aromatic carbocycles. The Bertz CT molecular complexity index is 773. The molecule has 144 valence electrons. The number of methoxy groups -OCH3 is 1. The second-order valence-corrected chi connectivity index (χ2v) is 6.44. The van der Waals surface area contributed by atoms with Gasteiger partial charge in [0.05, 0.1) is 7.11 Å². The van der Waals surface area contributed by atoms with Crippen molar-refractivity contribution in [1.82, 2.24) is 5.32 Å². The minimum Gasteiger partial charge on any atom is -0.493 e. The predicted octanol–water partition coefficient (Wildman–Crippen LogP) is 3.98. The van der Waals surface area contributed by atoms with Gasteiger partial charge in [0.15, 0.2) is 23.4 Å². The Balaban J connectivity index is 1.98. The van der Waals surface area contributed by atoms with E-state index in [2.05, 4.69) is 24.4 Å². The Morgan fingerprint density at radius 2 is 1.78 bits per heavy atom. The van der Waals surface area contributed by atoms with E-state index in [4.69, 9.17) is 9.47 Å². The van der Waals surface area contributed by atoms with Gasteiger partial charge in [-0.1, -0.05) is 37.3 Å². The number of carbonyl (C=O) groups excluding carboxylic acids is 2. The standard InChI is InChI=1S/C22H27NO4/c1-5-17(18-9-7-6-8-10-18)14-23-22(25)16(3)27-20-12-11-19(15(2)24)13-21(20)26-4/h6-13,16-17H,5,14H2,1-4H3,(H,23,25)/t16-,17-/m0/s1. The minimum absolute atomic E-state index is 0.0582. The van der Waals surface area contributed by atoms with Crippen LogP contribution in [0.3, 0.4) is 0 Å². The van der Waals surface area contributed by atoms with Crippen molar-refractivity contribution in [3.8, 4) is 11.5 Å². The van der Waals surface area contributed by atoms with E-state index in [-0.39, 0.29) is 17.6 Å². The summed E-state index contributed by atoms with van der Waals surface area (Å²) in [5.41, 5.74) is 1.74. The molecule has 27 heavy (non-hydrogen) atoms. The first-order valence-corrected chi connectivity index (χ1v) is 9.14. The summed E-state index contributed by atoms with van der Waals surface area (Å²) in [6, 6.07) is 15.1. The van der Waals surface area contributed by atoms with Gasteiger partial charge in [-0.15, -0.1) is 0 Å². The number of Topliss-reactive ketones (excluding diaryl/α,β-unsaturated/α-hetero) is 1. The van der Waals surface area contributed by atoms with Crippen molar-refractivity contribution < 1.29 is 19.1 Å². The van der Waals surface area contributed by atoms with Gasteiger partial charge in [0.1, 0.15) is 0 Å². The summed E-state index contributed by atoms with van der Waals surface area (Å²) in [4.78, 5) is 23.9. The van der Waals surface area contributed by atoms with Crippen LogP contribution < -0.4 is 14.8 Å². The Kier molecular flexibility index (Phi) is 7.41. The summed E-state index contributed by atoms with van der Waals surface area (Å²) in [7, 11) is 1.50. The molecule has 0 aliphatic heterocycles. The normalized spacial score (nSPS) is 12.7. The third-order valence-corrected chi connectivity index (χ3v) is 4.53. The Morgan fingerprint density at radius 3 is 2.37 bits per heavy atom. The summed E-state index contributed by atoms with van der Waals surface area (Å²) in [6.07, 6.45) is 0.246. The van der Waals surface area contributed by atoms with Gasteiger partial charge in [0.25, 0.3) is 5.91 Å². The molecule has 5 nitrogen and oxygen atoms in total. The number of benzene rings is 2. The zero-order chi connectivity index (χ0) is 19.8. The van der Waals surface area contributed by atoms with Gasteiger partial charge in [0.2, 0.25) is 0 Å². The van der Waals surface area contributed by atoms with Crippen molar-refractivity contribution >= 4 is 11.7 Å². The molecule has 0 saturated carbocycles. The molecular formula is C22H27NO4. The topological polar surface area (TPSA) is 64.6 Å². The molecule has 1 amide bonds. The van der Waals surface area contributed by atoms with Gasteiger partial charge in [-0.05, 0) is 44.0 Å². The lowest BCUT2D eigenvalue weighted by atomic mass is 9.96. The van der Waals surface area contributed by atoms with Gasteiger partial charge in [-0.3, -0.25) is 9.59 Å². The zero-order valence-electron chi connectivity index (χ0n) is 16.3. The molecule has 0 aliphatic carbocycles. The molecule has 2 aromatic rings. The monoisotopic (exact) mass is 369 g/mol. The van der Waals surface area contributed by atoms with Gasteiger partial charge < -0.3 is 14.8 Å². The summed E-state index contributed by atoms with van der Waals surface area (Å²) in [5, 5.41) is 2.96. The van der Waals surface area contributed by atoms with Crippen LogP contribution in [-0.4, -0.2) is 31.4 Å². The number of carbonyl (C=O) groups is 2. The fourth-order valence-electron chi connectivity index (χ4n) is 2.82. The van der Waals surface area contributed by atoms with Gasteiger partial charge in [0, 0.05) is 18.0 Å². The highest BCUT2D eigenvalue weighted by molar-refractivity contribution is 5.94. The van der Waals surface area contributed by atoms with E-state index < -0.39 is 6.10 Å². The lowest BCUT2D eigenvalue weighted by Gasteiger charge is -2.20. The van der Waals surface area contributed by atoms with Gasteiger partial charge in [-0.2, -0.15) is 0 Å². The van der Waals surface area contributed by atoms with Crippen LogP contribution in [0, 0.1) is 0 Å². The Hall–Kier alpha value is -2.82. The molecule has 0 fully saturated rings. The lowest BCUT2D eigenvalue weighted by molar-refractivity contribution is -0.127. The second kappa shape index (κ2) is 9.76. The van der Waals surface area contributed by atoms with Crippen LogP contribution in [0.1, 0.15) is 49.0 Å². The number of hydrogen-bond acceptors (Lipinski definition) is 4. The van der Waals surface area contributed by atoms with E-state index in [1.807, 2.05) is 18.2 Å². The van der Waals surface area contributed by atoms with Crippen LogP contribution >= 0.6 is 0 Å². The molecule has 0 aromatic heterocycles. The van der Waals surface area contributed by atoms with Crippen LogP contribution in [0.5, 0.6) is 11.5 Å². The van der Waals surface area contributed by atoms with Gasteiger partial charge >= 0.3 is 0 Å². The van der Waals surface area contributed by atoms with E-state index in [1.165, 1.54) is 19.6 Å². The molecule has 0 unspecified atom stereocenters. The van der Waals surface area contributed by atoms with E-state index in [0.717, 1.165) is 6.42 Å². The maximum absolute atomic E-state index is 12.4. The van der Waals surface area contributed by atoms with Crippen LogP contribution in [0.2, 0.25) is 0 Å². The fourth-order valence-corrected chi connectivity index (χ4v) is 2.82. The third kappa shape index (κ3) is 5.58. The largest absolute Gasteiger partial charge is 0.493 e. The fraction of sp³-hybridized carbons (Fsp3) is 0.364.